The quantitative estimate of drug-likeness (QED) is 0.899. The summed E-state index contributed by atoms with van der Waals surface area (Å²) < 4.78 is 25.7. The van der Waals surface area contributed by atoms with Gasteiger partial charge in [0, 0.05) is 17.3 Å². The second-order valence-electron chi connectivity index (χ2n) is 4.64. The van der Waals surface area contributed by atoms with E-state index >= 15 is 0 Å². The number of aromatic hydroxyl groups is 1. The lowest BCUT2D eigenvalue weighted by atomic mass is 10.2. The van der Waals surface area contributed by atoms with E-state index in [0.29, 0.717) is 10.1 Å². The smallest absolute Gasteiger partial charge is 0.286 e. The van der Waals surface area contributed by atoms with E-state index < -0.39 is 15.9 Å². The fourth-order valence-electron chi connectivity index (χ4n) is 2.17. The molecule has 1 aromatic heterocycles. The number of fused-ring (bicyclic) bond motifs is 1. The number of nitrogens with zero attached hydrogens (tertiary/aromatic N) is 3. The summed E-state index contributed by atoms with van der Waals surface area (Å²) in [6.07, 6.45) is 1.43. The summed E-state index contributed by atoms with van der Waals surface area (Å²) in [6.45, 7) is 1.59. The zero-order valence-corrected chi connectivity index (χ0v) is 11.8. The molecule has 1 aromatic carbocycles. The molecular formula is C13H11N3O4S. The molecule has 0 atom stereocenters. The fraction of sp³-hybridized carbons (Fsp3) is 0.154. The highest BCUT2D eigenvalue weighted by molar-refractivity contribution is 7.89. The maximum absolute atomic E-state index is 12.6. The number of sulfonamides is 1. The molecule has 1 aliphatic rings. The average molecular weight is 305 g/mol. The van der Waals surface area contributed by atoms with E-state index in [1.54, 1.807) is 13.0 Å². The van der Waals surface area contributed by atoms with Gasteiger partial charge in [-0.1, -0.05) is 0 Å². The molecule has 108 valence electrons. The summed E-state index contributed by atoms with van der Waals surface area (Å²) in [5.74, 6) is -0.727. The zero-order valence-electron chi connectivity index (χ0n) is 11.0. The van der Waals surface area contributed by atoms with Crippen molar-refractivity contribution >= 4 is 32.5 Å². The first kappa shape index (κ1) is 13.5. The van der Waals surface area contributed by atoms with Crippen LogP contribution in [0.4, 0.5) is 0 Å². The Morgan fingerprint density at radius 3 is 2.71 bits per heavy atom. The molecule has 0 saturated carbocycles. The molecule has 0 fully saturated rings. The number of phenolic OH excluding ortho intramolecular Hbond substituents is 1. The van der Waals surface area contributed by atoms with Gasteiger partial charge in [-0.2, -0.15) is 13.5 Å². The summed E-state index contributed by atoms with van der Waals surface area (Å²) in [6, 6.07) is 5.55. The lowest BCUT2D eigenvalue weighted by molar-refractivity contribution is -0.124. The van der Waals surface area contributed by atoms with Crippen molar-refractivity contribution in [2.24, 2.45) is 5.10 Å². The lowest BCUT2D eigenvalue weighted by Crippen LogP contribution is -2.28. The van der Waals surface area contributed by atoms with Crippen LogP contribution in [-0.4, -0.2) is 34.5 Å². The number of hydrogen-bond donors (Lipinski definition) is 1. The highest BCUT2D eigenvalue weighted by atomic mass is 32.2. The number of benzene rings is 1. The SMILES string of the molecule is CC1=NN(S(=O)(=O)c2ccc(O)c3ncccc23)C(=O)C1. The molecule has 21 heavy (non-hydrogen) atoms. The molecule has 0 spiro atoms. The number of phenols is 1. The van der Waals surface area contributed by atoms with E-state index in [-0.39, 0.29) is 28.0 Å². The highest BCUT2D eigenvalue weighted by Crippen LogP contribution is 2.31. The van der Waals surface area contributed by atoms with Crippen LogP contribution in [0.2, 0.25) is 0 Å². The van der Waals surface area contributed by atoms with Crippen LogP contribution in [0.1, 0.15) is 13.3 Å². The second-order valence-corrected chi connectivity index (χ2v) is 6.37. The first-order valence-corrected chi connectivity index (χ1v) is 7.54. The summed E-state index contributed by atoms with van der Waals surface area (Å²) in [4.78, 5) is 15.6. The van der Waals surface area contributed by atoms with Gasteiger partial charge < -0.3 is 5.11 Å². The molecule has 1 aliphatic heterocycles. The van der Waals surface area contributed by atoms with Crippen molar-refractivity contribution in [2.75, 3.05) is 0 Å². The molecule has 2 aromatic rings. The van der Waals surface area contributed by atoms with Crippen LogP contribution >= 0.6 is 0 Å². The van der Waals surface area contributed by atoms with Gasteiger partial charge in [-0.05, 0) is 31.2 Å². The van der Waals surface area contributed by atoms with Crippen molar-refractivity contribution < 1.29 is 18.3 Å². The van der Waals surface area contributed by atoms with Gasteiger partial charge >= 0.3 is 0 Å². The minimum Gasteiger partial charge on any atom is -0.506 e. The molecule has 3 rings (SSSR count). The summed E-state index contributed by atoms with van der Waals surface area (Å²) in [5.41, 5.74) is 0.593. The van der Waals surface area contributed by atoms with Crippen LogP contribution in [0.25, 0.3) is 10.9 Å². The molecule has 0 bridgehead atoms. The zero-order chi connectivity index (χ0) is 15.2. The molecule has 2 heterocycles. The normalized spacial score (nSPS) is 15.6. The monoisotopic (exact) mass is 305 g/mol. The van der Waals surface area contributed by atoms with Crippen LogP contribution in [0.3, 0.4) is 0 Å². The van der Waals surface area contributed by atoms with Crippen molar-refractivity contribution in [3.8, 4) is 5.75 Å². The number of carbonyl (C=O) groups is 1. The number of hydrogen-bond acceptors (Lipinski definition) is 6. The van der Waals surface area contributed by atoms with E-state index in [0.717, 1.165) is 0 Å². The molecule has 0 radical (unpaired) electrons. The van der Waals surface area contributed by atoms with Crippen molar-refractivity contribution in [1.82, 2.24) is 9.40 Å². The molecular weight excluding hydrogens is 294 g/mol. The predicted molar refractivity (Wildman–Crippen MR) is 75.2 cm³/mol. The Balaban J connectivity index is 2.26. The van der Waals surface area contributed by atoms with Gasteiger partial charge in [-0.3, -0.25) is 9.78 Å². The van der Waals surface area contributed by atoms with Gasteiger partial charge in [0.15, 0.2) is 0 Å². The third-order valence-corrected chi connectivity index (χ3v) is 4.75. The van der Waals surface area contributed by atoms with Gasteiger partial charge in [0.25, 0.3) is 15.9 Å². The van der Waals surface area contributed by atoms with E-state index in [2.05, 4.69) is 10.1 Å². The standard InChI is InChI=1S/C13H11N3O4S/c1-8-7-12(18)16(15-8)21(19,20)11-5-4-10(17)13-9(11)3-2-6-14-13/h2-6,17H,7H2,1H3. The van der Waals surface area contributed by atoms with E-state index in [4.69, 9.17) is 0 Å². The van der Waals surface area contributed by atoms with E-state index in [9.17, 15) is 18.3 Å². The Labute approximate surface area is 120 Å². The van der Waals surface area contributed by atoms with Crippen molar-refractivity contribution in [3.05, 3.63) is 30.5 Å². The Kier molecular flexibility index (Phi) is 2.91. The largest absolute Gasteiger partial charge is 0.506 e. The third-order valence-electron chi connectivity index (χ3n) is 3.10. The van der Waals surface area contributed by atoms with Gasteiger partial charge in [-0.25, -0.2) is 0 Å². The summed E-state index contributed by atoms with van der Waals surface area (Å²) in [5, 5.41) is 13.8. The molecule has 0 saturated heterocycles. The van der Waals surface area contributed by atoms with E-state index in [1.165, 1.54) is 24.4 Å². The molecule has 8 heteroatoms. The van der Waals surface area contributed by atoms with E-state index in [1.807, 2.05) is 0 Å². The third kappa shape index (κ3) is 2.04. The number of rotatable bonds is 2. The number of aromatic nitrogens is 1. The fourth-order valence-corrected chi connectivity index (χ4v) is 3.62. The van der Waals surface area contributed by atoms with Crippen molar-refractivity contribution in [3.63, 3.8) is 0 Å². The minimum atomic E-state index is -4.12. The van der Waals surface area contributed by atoms with Gasteiger partial charge in [0.1, 0.15) is 11.3 Å². The number of pyridine rings is 1. The second kappa shape index (κ2) is 4.52. The Morgan fingerprint density at radius 1 is 1.29 bits per heavy atom. The average Bonchev–Trinajstić information content (AvgIpc) is 2.79. The highest BCUT2D eigenvalue weighted by Gasteiger charge is 2.35. The maximum atomic E-state index is 12.6. The topological polar surface area (TPSA) is 99.9 Å². The van der Waals surface area contributed by atoms with Gasteiger partial charge in [0.2, 0.25) is 0 Å². The lowest BCUT2D eigenvalue weighted by Gasteiger charge is -2.14. The van der Waals surface area contributed by atoms with Crippen LogP contribution in [0, 0.1) is 0 Å². The minimum absolute atomic E-state index is 0.0203. The Bertz CT molecular complexity index is 889. The van der Waals surface area contributed by atoms with Crippen LogP contribution < -0.4 is 0 Å². The van der Waals surface area contributed by atoms with Crippen LogP contribution in [0.5, 0.6) is 5.75 Å². The molecule has 0 aliphatic carbocycles. The van der Waals surface area contributed by atoms with Crippen LogP contribution in [-0.2, 0) is 14.8 Å². The van der Waals surface area contributed by atoms with Crippen molar-refractivity contribution in [2.45, 2.75) is 18.2 Å². The number of amides is 1. The molecule has 0 unspecified atom stereocenters. The maximum Gasteiger partial charge on any atom is 0.286 e. The van der Waals surface area contributed by atoms with Crippen molar-refractivity contribution in [1.29, 1.82) is 0 Å². The molecule has 7 nitrogen and oxygen atoms in total. The van der Waals surface area contributed by atoms with Gasteiger partial charge in [-0.15, -0.1) is 4.41 Å². The van der Waals surface area contributed by atoms with Gasteiger partial charge in [0.05, 0.1) is 11.3 Å². The van der Waals surface area contributed by atoms with Crippen LogP contribution in [0.15, 0.2) is 40.5 Å². The first-order valence-electron chi connectivity index (χ1n) is 6.10. The number of carbonyl (C=O) groups excluding carboxylic acids is 1. The summed E-state index contributed by atoms with van der Waals surface area (Å²) >= 11 is 0. The molecule has 1 amide bonds. The summed E-state index contributed by atoms with van der Waals surface area (Å²) in [7, 11) is -4.12. The Hall–Kier alpha value is -2.48. The predicted octanol–water partition coefficient (Wildman–Crippen LogP) is 1.24. The Morgan fingerprint density at radius 2 is 2.05 bits per heavy atom. The number of hydrazone groups is 1. The molecule has 1 N–H and O–H groups in total. The first-order chi connectivity index (χ1) is 9.91.